The van der Waals surface area contributed by atoms with Crippen LogP contribution in [0.25, 0.3) is 11.0 Å². The van der Waals surface area contributed by atoms with E-state index in [9.17, 15) is 9.59 Å². The summed E-state index contributed by atoms with van der Waals surface area (Å²) in [6.07, 6.45) is 0. The lowest BCUT2D eigenvalue weighted by atomic mass is 10.1. The second-order valence-corrected chi connectivity index (χ2v) is 4.69. The minimum Gasteiger partial charge on any atom is -0.478 e. The molecule has 0 unspecified atom stereocenters. The van der Waals surface area contributed by atoms with Gasteiger partial charge in [-0.1, -0.05) is 18.2 Å². The fourth-order valence-corrected chi connectivity index (χ4v) is 2.17. The molecule has 2 aromatic carbocycles. The van der Waals surface area contributed by atoms with Crippen LogP contribution in [0.3, 0.4) is 0 Å². The highest BCUT2D eigenvalue weighted by Gasteiger charge is 2.12. The zero-order chi connectivity index (χ0) is 15.7. The highest BCUT2D eigenvalue weighted by atomic mass is 16.4. The molecule has 0 aliphatic rings. The number of nitrogen functional groups attached to an aromatic ring is 1. The van der Waals surface area contributed by atoms with Crippen molar-refractivity contribution in [2.24, 2.45) is 0 Å². The van der Waals surface area contributed by atoms with Crippen LogP contribution in [0.15, 0.2) is 57.7 Å². The van der Waals surface area contributed by atoms with Gasteiger partial charge < -0.3 is 20.6 Å². The molecule has 0 aliphatic carbocycles. The molecule has 0 bridgehead atoms. The molecule has 1 aromatic heterocycles. The molecular formula is C16H12N2O4. The third-order valence-corrected chi connectivity index (χ3v) is 3.23. The fraction of sp³-hybridized carbons (Fsp3) is 0. The normalized spacial score (nSPS) is 10.5. The van der Waals surface area contributed by atoms with Gasteiger partial charge in [-0.25, -0.2) is 9.59 Å². The van der Waals surface area contributed by atoms with E-state index < -0.39 is 11.6 Å². The molecule has 6 heteroatoms. The third kappa shape index (κ3) is 2.37. The van der Waals surface area contributed by atoms with Gasteiger partial charge in [0.25, 0.3) is 0 Å². The summed E-state index contributed by atoms with van der Waals surface area (Å²) in [5.74, 6) is -1.03. The summed E-state index contributed by atoms with van der Waals surface area (Å²) in [7, 11) is 0. The van der Waals surface area contributed by atoms with E-state index in [0.717, 1.165) is 0 Å². The standard InChI is InChI=1S/C16H12N2O4/c17-13-14(11-6-1-2-7-12(11)22-16(13)21)18-10-5-3-4-9(8-10)15(19)20/h1-8,18H,17H2,(H,19,20). The Morgan fingerprint density at radius 3 is 2.68 bits per heavy atom. The number of anilines is 3. The third-order valence-electron chi connectivity index (χ3n) is 3.23. The lowest BCUT2D eigenvalue weighted by Crippen LogP contribution is -2.10. The van der Waals surface area contributed by atoms with Crippen LogP contribution in [0.5, 0.6) is 0 Å². The predicted octanol–water partition coefficient (Wildman–Crippen LogP) is 2.82. The zero-order valence-electron chi connectivity index (χ0n) is 11.4. The molecule has 3 rings (SSSR count). The van der Waals surface area contributed by atoms with Crippen molar-refractivity contribution >= 4 is 34.0 Å². The van der Waals surface area contributed by atoms with Gasteiger partial charge in [0.1, 0.15) is 11.3 Å². The van der Waals surface area contributed by atoms with Crippen molar-refractivity contribution in [1.82, 2.24) is 0 Å². The molecule has 4 N–H and O–H groups in total. The summed E-state index contributed by atoms with van der Waals surface area (Å²) in [5.41, 5.74) is 6.56. The SMILES string of the molecule is Nc1c(Nc2cccc(C(=O)O)c2)c2ccccc2oc1=O. The molecule has 0 saturated heterocycles. The van der Waals surface area contributed by atoms with Crippen LogP contribution in [0, 0.1) is 0 Å². The van der Waals surface area contributed by atoms with Gasteiger partial charge >= 0.3 is 11.6 Å². The lowest BCUT2D eigenvalue weighted by molar-refractivity contribution is 0.0697. The number of nitrogens with one attached hydrogen (secondary N) is 1. The Hall–Kier alpha value is -3.28. The van der Waals surface area contributed by atoms with Crippen molar-refractivity contribution in [2.75, 3.05) is 11.1 Å². The highest BCUT2D eigenvalue weighted by Crippen LogP contribution is 2.29. The molecule has 0 amide bonds. The Labute approximate surface area is 124 Å². The maximum Gasteiger partial charge on any atom is 0.361 e. The Kier molecular flexibility index (Phi) is 3.27. The molecule has 0 saturated carbocycles. The van der Waals surface area contributed by atoms with Crippen molar-refractivity contribution in [3.05, 3.63) is 64.5 Å². The summed E-state index contributed by atoms with van der Waals surface area (Å²) < 4.78 is 5.12. The van der Waals surface area contributed by atoms with E-state index in [2.05, 4.69) is 5.32 Å². The highest BCUT2D eigenvalue weighted by molar-refractivity contribution is 5.98. The fourth-order valence-electron chi connectivity index (χ4n) is 2.17. The second kappa shape index (κ2) is 5.25. The molecule has 0 fully saturated rings. The number of carbonyl (C=O) groups is 1. The van der Waals surface area contributed by atoms with Gasteiger partial charge in [0.15, 0.2) is 0 Å². The Balaban J connectivity index is 2.15. The summed E-state index contributed by atoms with van der Waals surface area (Å²) in [6.45, 7) is 0. The number of carboxylic acid groups (broad SMARTS) is 1. The quantitative estimate of drug-likeness (QED) is 0.642. The molecule has 0 aliphatic heterocycles. The topological polar surface area (TPSA) is 106 Å². The van der Waals surface area contributed by atoms with Crippen LogP contribution in [0.2, 0.25) is 0 Å². The molecule has 110 valence electrons. The first kappa shape index (κ1) is 13.7. The lowest BCUT2D eigenvalue weighted by Gasteiger charge is -2.11. The van der Waals surface area contributed by atoms with Crippen molar-refractivity contribution in [3.8, 4) is 0 Å². The van der Waals surface area contributed by atoms with Crippen LogP contribution < -0.4 is 16.7 Å². The molecule has 1 heterocycles. The first-order valence-corrected chi connectivity index (χ1v) is 6.48. The van der Waals surface area contributed by atoms with E-state index >= 15 is 0 Å². The van der Waals surface area contributed by atoms with E-state index in [4.69, 9.17) is 15.3 Å². The molecular weight excluding hydrogens is 284 g/mol. The van der Waals surface area contributed by atoms with Crippen LogP contribution in [-0.4, -0.2) is 11.1 Å². The molecule has 0 atom stereocenters. The monoisotopic (exact) mass is 296 g/mol. The molecule has 6 nitrogen and oxygen atoms in total. The Bertz CT molecular complexity index is 931. The van der Waals surface area contributed by atoms with E-state index in [-0.39, 0.29) is 11.3 Å². The van der Waals surface area contributed by atoms with Gasteiger partial charge in [-0.05, 0) is 30.3 Å². The predicted molar refractivity (Wildman–Crippen MR) is 83.6 cm³/mol. The minimum absolute atomic E-state index is 0.0561. The summed E-state index contributed by atoms with van der Waals surface area (Å²) in [5, 5.41) is 12.7. The molecule has 0 radical (unpaired) electrons. The number of fused-ring (bicyclic) bond motifs is 1. The maximum absolute atomic E-state index is 11.8. The Morgan fingerprint density at radius 1 is 1.14 bits per heavy atom. The maximum atomic E-state index is 11.8. The summed E-state index contributed by atoms with van der Waals surface area (Å²) >= 11 is 0. The largest absolute Gasteiger partial charge is 0.478 e. The first-order valence-electron chi connectivity index (χ1n) is 6.48. The van der Waals surface area contributed by atoms with Gasteiger partial charge in [-0.15, -0.1) is 0 Å². The number of aromatic carboxylic acids is 1. The van der Waals surface area contributed by atoms with Crippen molar-refractivity contribution in [1.29, 1.82) is 0 Å². The van der Waals surface area contributed by atoms with Crippen LogP contribution in [0.1, 0.15) is 10.4 Å². The average molecular weight is 296 g/mol. The number of carboxylic acids is 1. The van der Waals surface area contributed by atoms with Gasteiger partial charge in [-0.2, -0.15) is 0 Å². The number of para-hydroxylation sites is 1. The summed E-state index contributed by atoms with van der Waals surface area (Å²) in [6, 6.07) is 13.2. The summed E-state index contributed by atoms with van der Waals surface area (Å²) in [4.78, 5) is 22.8. The molecule has 0 spiro atoms. The van der Waals surface area contributed by atoms with Gasteiger partial charge in [0, 0.05) is 11.1 Å². The second-order valence-electron chi connectivity index (χ2n) is 4.69. The number of nitrogens with two attached hydrogens (primary N) is 1. The van der Waals surface area contributed by atoms with Gasteiger partial charge in [-0.3, -0.25) is 0 Å². The van der Waals surface area contributed by atoms with Crippen molar-refractivity contribution in [3.63, 3.8) is 0 Å². The van der Waals surface area contributed by atoms with Crippen LogP contribution >= 0.6 is 0 Å². The molecule has 22 heavy (non-hydrogen) atoms. The minimum atomic E-state index is -1.03. The molecule has 3 aromatic rings. The van der Waals surface area contributed by atoms with Gasteiger partial charge in [0.2, 0.25) is 0 Å². The Morgan fingerprint density at radius 2 is 1.91 bits per heavy atom. The van der Waals surface area contributed by atoms with E-state index in [1.807, 2.05) is 0 Å². The van der Waals surface area contributed by atoms with Crippen molar-refractivity contribution < 1.29 is 14.3 Å². The smallest absolute Gasteiger partial charge is 0.361 e. The van der Waals surface area contributed by atoms with Gasteiger partial charge in [0.05, 0.1) is 11.3 Å². The van der Waals surface area contributed by atoms with E-state index in [1.54, 1.807) is 36.4 Å². The first-order chi connectivity index (χ1) is 10.6. The van der Waals surface area contributed by atoms with E-state index in [0.29, 0.717) is 22.3 Å². The average Bonchev–Trinajstić information content (AvgIpc) is 2.52. The number of rotatable bonds is 3. The number of benzene rings is 2. The van der Waals surface area contributed by atoms with Crippen LogP contribution in [-0.2, 0) is 0 Å². The number of hydrogen-bond acceptors (Lipinski definition) is 5. The zero-order valence-corrected chi connectivity index (χ0v) is 11.4. The van der Waals surface area contributed by atoms with E-state index in [1.165, 1.54) is 12.1 Å². The van der Waals surface area contributed by atoms with Crippen molar-refractivity contribution in [2.45, 2.75) is 0 Å². The van der Waals surface area contributed by atoms with Crippen LogP contribution in [0.4, 0.5) is 17.1 Å². The number of hydrogen-bond donors (Lipinski definition) is 3.